The Balaban J connectivity index is 1.41. The van der Waals surface area contributed by atoms with Crippen molar-refractivity contribution < 1.29 is 9.18 Å². The van der Waals surface area contributed by atoms with Crippen LogP contribution in [0.2, 0.25) is 5.02 Å². The maximum Gasteiger partial charge on any atom is 0.257 e. The summed E-state index contributed by atoms with van der Waals surface area (Å²) >= 11 is 5.89. The fraction of sp³-hybridized carbons (Fsp3) is 0.190. The molecule has 1 aromatic heterocycles. The Morgan fingerprint density at radius 1 is 0.929 bits per heavy atom. The van der Waals surface area contributed by atoms with Gasteiger partial charge in [0.25, 0.3) is 5.91 Å². The minimum atomic E-state index is -0.242. The van der Waals surface area contributed by atoms with E-state index in [1.807, 2.05) is 23.1 Å². The van der Waals surface area contributed by atoms with Crippen LogP contribution in [0.1, 0.15) is 10.4 Å². The molecular formula is C21H18ClFN4O. The summed E-state index contributed by atoms with van der Waals surface area (Å²) in [6.45, 7) is 2.20. The number of piperazine rings is 1. The number of benzene rings is 2. The van der Waals surface area contributed by atoms with E-state index in [-0.39, 0.29) is 11.7 Å². The molecule has 28 heavy (non-hydrogen) atoms. The van der Waals surface area contributed by atoms with E-state index in [0.717, 1.165) is 5.56 Å². The van der Waals surface area contributed by atoms with Gasteiger partial charge in [0.1, 0.15) is 5.82 Å². The van der Waals surface area contributed by atoms with Crippen LogP contribution in [0.15, 0.2) is 60.9 Å². The van der Waals surface area contributed by atoms with Gasteiger partial charge in [-0.2, -0.15) is 0 Å². The van der Waals surface area contributed by atoms with Gasteiger partial charge in [-0.05, 0) is 36.4 Å². The molecule has 0 aliphatic carbocycles. The van der Waals surface area contributed by atoms with Crippen molar-refractivity contribution in [2.75, 3.05) is 31.1 Å². The fourth-order valence-electron chi connectivity index (χ4n) is 3.23. The Morgan fingerprint density at radius 3 is 2.21 bits per heavy atom. The zero-order chi connectivity index (χ0) is 19.5. The van der Waals surface area contributed by atoms with Crippen molar-refractivity contribution >= 4 is 23.2 Å². The second-order valence-corrected chi connectivity index (χ2v) is 6.97. The number of halogens is 2. The van der Waals surface area contributed by atoms with Gasteiger partial charge < -0.3 is 9.80 Å². The molecule has 0 N–H and O–H groups in total. The zero-order valence-corrected chi connectivity index (χ0v) is 15.8. The third kappa shape index (κ3) is 3.82. The van der Waals surface area contributed by atoms with Crippen LogP contribution >= 0.6 is 11.6 Å². The summed E-state index contributed by atoms with van der Waals surface area (Å²) in [7, 11) is 0. The second kappa shape index (κ2) is 7.94. The first-order valence-electron chi connectivity index (χ1n) is 8.98. The van der Waals surface area contributed by atoms with Crippen molar-refractivity contribution in [3.63, 3.8) is 0 Å². The van der Waals surface area contributed by atoms with Gasteiger partial charge in [-0.25, -0.2) is 14.4 Å². The summed E-state index contributed by atoms with van der Waals surface area (Å²) in [6.07, 6.45) is 3.09. The van der Waals surface area contributed by atoms with E-state index in [9.17, 15) is 9.18 Å². The van der Waals surface area contributed by atoms with Crippen LogP contribution in [0.25, 0.3) is 11.4 Å². The molecule has 142 valence electrons. The quantitative estimate of drug-likeness (QED) is 0.673. The van der Waals surface area contributed by atoms with Gasteiger partial charge in [-0.1, -0.05) is 23.7 Å². The van der Waals surface area contributed by atoms with Crippen molar-refractivity contribution in [2.24, 2.45) is 0 Å². The number of aromatic nitrogens is 2. The molecule has 1 amide bonds. The monoisotopic (exact) mass is 396 g/mol. The first-order chi connectivity index (χ1) is 13.6. The summed E-state index contributed by atoms with van der Waals surface area (Å²) in [5.41, 5.74) is 1.85. The topological polar surface area (TPSA) is 49.3 Å². The number of para-hydroxylation sites is 1. The first kappa shape index (κ1) is 18.4. The predicted octanol–water partition coefficient (Wildman–Crippen LogP) is 3.90. The average Bonchev–Trinajstić information content (AvgIpc) is 2.74. The number of carbonyl (C=O) groups is 1. The van der Waals surface area contributed by atoms with E-state index in [4.69, 9.17) is 11.6 Å². The lowest BCUT2D eigenvalue weighted by molar-refractivity contribution is 0.0746. The molecular weight excluding hydrogens is 379 g/mol. The highest BCUT2D eigenvalue weighted by Crippen LogP contribution is 2.21. The van der Waals surface area contributed by atoms with E-state index in [2.05, 4.69) is 9.97 Å². The average molecular weight is 397 g/mol. The highest BCUT2D eigenvalue weighted by atomic mass is 35.5. The molecule has 1 fully saturated rings. The molecule has 4 rings (SSSR count). The lowest BCUT2D eigenvalue weighted by Gasteiger charge is -2.36. The van der Waals surface area contributed by atoms with Crippen LogP contribution < -0.4 is 4.90 Å². The van der Waals surface area contributed by atoms with Crippen molar-refractivity contribution in [1.29, 1.82) is 0 Å². The molecule has 0 spiro atoms. The fourth-order valence-corrected chi connectivity index (χ4v) is 3.35. The third-order valence-electron chi connectivity index (χ3n) is 4.76. The number of nitrogens with zero attached hydrogens (tertiary/aromatic N) is 4. The number of anilines is 1. The largest absolute Gasteiger partial charge is 0.366 e. The smallest absolute Gasteiger partial charge is 0.257 e. The Hall–Kier alpha value is -2.99. The molecule has 2 aromatic carbocycles. The zero-order valence-electron chi connectivity index (χ0n) is 15.1. The minimum absolute atomic E-state index is 0.115. The SMILES string of the molecule is O=C(c1cnc(-c2ccc(Cl)cc2)nc1)N1CCN(c2ccccc2F)CC1. The minimum Gasteiger partial charge on any atom is -0.366 e. The number of rotatable bonds is 3. The predicted molar refractivity (Wildman–Crippen MR) is 107 cm³/mol. The summed E-state index contributed by atoms with van der Waals surface area (Å²) < 4.78 is 13.9. The summed E-state index contributed by atoms with van der Waals surface area (Å²) in [5.74, 6) is 0.182. The number of carbonyl (C=O) groups excluding carboxylic acids is 1. The molecule has 0 radical (unpaired) electrons. The highest BCUT2D eigenvalue weighted by molar-refractivity contribution is 6.30. The molecule has 0 saturated carbocycles. The van der Waals surface area contributed by atoms with Gasteiger partial charge in [-0.3, -0.25) is 4.79 Å². The molecule has 7 heteroatoms. The van der Waals surface area contributed by atoms with Crippen LogP contribution in [-0.4, -0.2) is 47.0 Å². The molecule has 1 saturated heterocycles. The van der Waals surface area contributed by atoms with Crippen LogP contribution in [0.3, 0.4) is 0 Å². The van der Waals surface area contributed by atoms with Gasteiger partial charge in [0.15, 0.2) is 5.82 Å². The lowest BCUT2D eigenvalue weighted by Crippen LogP contribution is -2.49. The van der Waals surface area contributed by atoms with E-state index < -0.39 is 0 Å². The summed E-state index contributed by atoms with van der Waals surface area (Å²) in [5, 5.41) is 0.644. The summed E-state index contributed by atoms with van der Waals surface area (Å²) in [6, 6.07) is 13.9. The first-order valence-corrected chi connectivity index (χ1v) is 9.36. The highest BCUT2D eigenvalue weighted by Gasteiger charge is 2.24. The van der Waals surface area contributed by atoms with E-state index in [0.29, 0.717) is 48.3 Å². The second-order valence-electron chi connectivity index (χ2n) is 6.53. The van der Waals surface area contributed by atoms with Gasteiger partial charge in [0.2, 0.25) is 0 Å². The Morgan fingerprint density at radius 2 is 1.57 bits per heavy atom. The maximum atomic E-state index is 13.9. The molecule has 0 unspecified atom stereocenters. The Labute approximate surface area is 167 Å². The third-order valence-corrected chi connectivity index (χ3v) is 5.01. The van der Waals surface area contributed by atoms with Gasteiger partial charge >= 0.3 is 0 Å². The number of hydrogen-bond donors (Lipinski definition) is 0. The normalized spacial score (nSPS) is 14.2. The standard InChI is InChI=1S/C21H18ClFN4O/c22-17-7-5-15(6-8-17)20-24-13-16(14-25-20)21(28)27-11-9-26(10-12-27)19-4-2-1-3-18(19)23/h1-8,13-14H,9-12H2. The van der Waals surface area contributed by atoms with Crippen LogP contribution in [0, 0.1) is 5.82 Å². The summed E-state index contributed by atoms with van der Waals surface area (Å²) in [4.78, 5) is 25.1. The number of amides is 1. The van der Waals surface area contributed by atoms with Crippen molar-refractivity contribution in [3.05, 3.63) is 77.3 Å². The Kier molecular flexibility index (Phi) is 5.21. The van der Waals surface area contributed by atoms with Crippen molar-refractivity contribution in [3.8, 4) is 11.4 Å². The molecule has 0 bridgehead atoms. The van der Waals surface area contributed by atoms with E-state index in [1.54, 1.807) is 41.6 Å². The molecule has 1 aliphatic rings. The van der Waals surface area contributed by atoms with E-state index >= 15 is 0 Å². The van der Waals surface area contributed by atoms with Crippen LogP contribution in [0.5, 0.6) is 0 Å². The van der Waals surface area contributed by atoms with Gasteiger partial charge in [0, 0.05) is 49.2 Å². The Bertz CT molecular complexity index is 970. The molecule has 5 nitrogen and oxygen atoms in total. The molecule has 2 heterocycles. The van der Waals surface area contributed by atoms with Crippen molar-refractivity contribution in [2.45, 2.75) is 0 Å². The lowest BCUT2D eigenvalue weighted by atomic mass is 10.2. The van der Waals surface area contributed by atoms with Crippen molar-refractivity contribution in [1.82, 2.24) is 14.9 Å². The van der Waals surface area contributed by atoms with Crippen LogP contribution in [-0.2, 0) is 0 Å². The molecule has 3 aromatic rings. The van der Waals surface area contributed by atoms with Crippen LogP contribution in [0.4, 0.5) is 10.1 Å². The van der Waals surface area contributed by atoms with Gasteiger partial charge in [0.05, 0.1) is 11.3 Å². The maximum absolute atomic E-state index is 13.9. The van der Waals surface area contributed by atoms with Gasteiger partial charge in [-0.15, -0.1) is 0 Å². The van der Waals surface area contributed by atoms with E-state index in [1.165, 1.54) is 6.07 Å². The molecule has 1 aliphatic heterocycles. The molecule has 0 atom stereocenters. The number of hydrogen-bond acceptors (Lipinski definition) is 4.